The van der Waals surface area contributed by atoms with Crippen molar-refractivity contribution < 1.29 is 4.74 Å². The van der Waals surface area contributed by atoms with Gasteiger partial charge in [0.2, 0.25) is 0 Å². The highest BCUT2D eigenvalue weighted by atomic mass is 35.5. The molecule has 1 aromatic carbocycles. The first kappa shape index (κ1) is 22.3. The molecule has 1 aliphatic heterocycles. The number of nitrogens with one attached hydrogen (secondary N) is 2. The maximum atomic E-state index is 6.25. The molecule has 0 unspecified atom stereocenters. The van der Waals surface area contributed by atoms with E-state index in [4.69, 9.17) is 32.9 Å². The van der Waals surface area contributed by atoms with Crippen LogP contribution in [0.25, 0.3) is 0 Å². The first-order chi connectivity index (χ1) is 13.0. The third kappa shape index (κ3) is 6.83. The number of hydrogen-bond acceptors (Lipinski definition) is 3. The Labute approximate surface area is 173 Å². The number of aliphatic imine (C=N–C) groups is 1. The topological polar surface area (TPSA) is 48.9 Å². The Morgan fingerprint density at radius 3 is 2.59 bits per heavy atom. The molecular formula is C20H32Cl2N4O. The molecule has 0 radical (unpaired) electrons. The zero-order valence-corrected chi connectivity index (χ0v) is 18.2. The number of nitrogens with zero attached hydrogens (tertiary/aromatic N) is 2. The van der Waals surface area contributed by atoms with Gasteiger partial charge in [-0.1, -0.05) is 29.3 Å². The van der Waals surface area contributed by atoms with Crippen LogP contribution in [0, 0.1) is 0 Å². The first-order valence-electron chi connectivity index (χ1n) is 9.68. The number of aryl methyl sites for hydroxylation is 1. The van der Waals surface area contributed by atoms with E-state index in [1.54, 1.807) is 6.07 Å². The second kappa shape index (κ2) is 11.1. The fourth-order valence-electron chi connectivity index (χ4n) is 3.28. The van der Waals surface area contributed by atoms with Crippen LogP contribution in [-0.4, -0.2) is 63.3 Å². The highest BCUT2D eigenvalue weighted by Gasteiger charge is 2.34. The van der Waals surface area contributed by atoms with Crippen molar-refractivity contribution in [2.45, 2.75) is 38.1 Å². The number of rotatable bonds is 8. The van der Waals surface area contributed by atoms with Crippen molar-refractivity contribution >= 4 is 29.2 Å². The minimum Gasteiger partial charge on any atom is -0.381 e. The Kier molecular flexibility index (Phi) is 9.16. The molecule has 0 amide bonds. The van der Waals surface area contributed by atoms with Crippen molar-refractivity contribution in [2.75, 3.05) is 46.9 Å². The Balaban J connectivity index is 1.87. The quantitative estimate of drug-likeness (QED) is 0.387. The molecule has 152 valence electrons. The molecule has 1 aromatic rings. The maximum Gasteiger partial charge on any atom is 0.191 e. The monoisotopic (exact) mass is 414 g/mol. The van der Waals surface area contributed by atoms with Gasteiger partial charge in [0.25, 0.3) is 0 Å². The summed E-state index contributed by atoms with van der Waals surface area (Å²) in [5.41, 5.74) is 1.20. The van der Waals surface area contributed by atoms with Crippen LogP contribution < -0.4 is 10.6 Å². The van der Waals surface area contributed by atoms with Crippen molar-refractivity contribution in [1.82, 2.24) is 15.5 Å². The molecule has 0 bridgehead atoms. The smallest absolute Gasteiger partial charge is 0.191 e. The summed E-state index contributed by atoms with van der Waals surface area (Å²) in [6.45, 7) is 6.14. The minimum atomic E-state index is 0.0808. The maximum absolute atomic E-state index is 6.25. The number of benzene rings is 1. The van der Waals surface area contributed by atoms with E-state index in [1.165, 1.54) is 0 Å². The largest absolute Gasteiger partial charge is 0.381 e. The van der Waals surface area contributed by atoms with Gasteiger partial charge < -0.3 is 20.3 Å². The van der Waals surface area contributed by atoms with Gasteiger partial charge in [0, 0.05) is 41.9 Å². The fraction of sp³-hybridized carbons (Fsp3) is 0.650. The lowest BCUT2D eigenvalue weighted by Gasteiger charge is -2.41. The van der Waals surface area contributed by atoms with Crippen LogP contribution in [0.15, 0.2) is 23.2 Å². The predicted octanol–water partition coefficient (Wildman–Crippen LogP) is 3.59. The van der Waals surface area contributed by atoms with E-state index in [-0.39, 0.29) is 5.54 Å². The van der Waals surface area contributed by atoms with E-state index in [0.29, 0.717) is 5.02 Å². The molecule has 7 heteroatoms. The number of ether oxygens (including phenoxy) is 1. The summed E-state index contributed by atoms with van der Waals surface area (Å²) in [7, 11) is 4.27. The first-order valence-corrected chi connectivity index (χ1v) is 10.4. The highest BCUT2D eigenvalue weighted by Crippen LogP contribution is 2.26. The van der Waals surface area contributed by atoms with Gasteiger partial charge in [-0.2, -0.15) is 0 Å². The van der Waals surface area contributed by atoms with E-state index in [1.807, 2.05) is 12.1 Å². The zero-order valence-electron chi connectivity index (χ0n) is 16.7. The van der Waals surface area contributed by atoms with Gasteiger partial charge in [0.1, 0.15) is 0 Å². The second-order valence-corrected chi connectivity index (χ2v) is 8.04. The lowest BCUT2D eigenvalue weighted by molar-refractivity contribution is -0.00254. The van der Waals surface area contributed by atoms with Crippen LogP contribution in [0.4, 0.5) is 0 Å². The van der Waals surface area contributed by atoms with Crippen molar-refractivity contribution in [1.29, 1.82) is 0 Å². The van der Waals surface area contributed by atoms with Crippen LogP contribution >= 0.6 is 23.2 Å². The summed E-state index contributed by atoms with van der Waals surface area (Å²) < 4.78 is 5.54. The van der Waals surface area contributed by atoms with Gasteiger partial charge in [-0.3, -0.25) is 4.99 Å². The van der Waals surface area contributed by atoms with Gasteiger partial charge in [-0.15, -0.1) is 0 Å². The van der Waals surface area contributed by atoms with Crippen LogP contribution in [0.2, 0.25) is 10.0 Å². The molecule has 27 heavy (non-hydrogen) atoms. The summed E-state index contributed by atoms with van der Waals surface area (Å²) in [6.07, 6.45) is 3.90. The molecule has 0 aliphatic carbocycles. The third-order valence-corrected chi connectivity index (χ3v) is 5.77. The van der Waals surface area contributed by atoms with Crippen molar-refractivity contribution in [3.8, 4) is 0 Å². The molecule has 0 atom stereocenters. The molecule has 1 saturated heterocycles. The van der Waals surface area contributed by atoms with E-state index in [9.17, 15) is 0 Å². The lowest BCUT2D eigenvalue weighted by Crippen LogP contribution is -2.51. The summed E-state index contributed by atoms with van der Waals surface area (Å²) in [5.74, 6) is 0.868. The SMILES string of the molecule is CCNC(=NCC1(N(C)C)CCOCC1)NCCCc1ccc(Cl)cc1Cl. The number of likely N-dealkylation sites (N-methyl/N-ethyl adjacent to an activating group) is 1. The molecule has 2 rings (SSSR count). The Morgan fingerprint density at radius 2 is 1.96 bits per heavy atom. The predicted molar refractivity (Wildman–Crippen MR) is 115 cm³/mol. The zero-order chi connectivity index (χ0) is 19.7. The lowest BCUT2D eigenvalue weighted by atomic mass is 9.89. The molecule has 0 aromatic heterocycles. The number of guanidine groups is 1. The van der Waals surface area contributed by atoms with Crippen LogP contribution in [0.5, 0.6) is 0 Å². The van der Waals surface area contributed by atoms with Crippen molar-refractivity contribution in [3.63, 3.8) is 0 Å². The Morgan fingerprint density at radius 1 is 1.22 bits per heavy atom. The van der Waals surface area contributed by atoms with Gasteiger partial charge in [-0.05, 0) is 64.4 Å². The van der Waals surface area contributed by atoms with Gasteiger partial charge in [-0.25, -0.2) is 0 Å². The molecule has 0 spiro atoms. The summed E-state index contributed by atoms with van der Waals surface area (Å²) in [6, 6.07) is 5.68. The fourth-order valence-corrected chi connectivity index (χ4v) is 3.78. The van der Waals surface area contributed by atoms with Crippen LogP contribution in [0.3, 0.4) is 0 Å². The van der Waals surface area contributed by atoms with Gasteiger partial charge in [0.15, 0.2) is 5.96 Å². The number of hydrogen-bond donors (Lipinski definition) is 2. The molecule has 2 N–H and O–H groups in total. The third-order valence-electron chi connectivity index (χ3n) is 5.18. The summed E-state index contributed by atoms with van der Waals surface area (Å²) >= 11 is 12.2. The minimum absolute atomic E-state index is 0.0808. The standard InChI is InChI=1S/C20H32Cl2N4O/c1-4-23-19(25-15-20(26(2)3)9-12-27-13-10-20)24-11-5-6-16-7-8-17(21)14-18(16)22/h7-8,14H,4-6,9-13,15H2,1-3H3,(H2,23,24,25). The molecule has 1 fully saturated rings. The van der Waals surface area contributed by atoms with E-state index in [0.717, 1.165) is 75.1 Å². The van der Waals surface area contributed by atoms with Crippen LogP contribution in [-0.2, 0) is 11.2 Å². The van der Waals surface area contributed by atoms with Crippen molar-refractivity contribution in [2.24, 2.45) is 4.99 Å². The van der Waals surface area contributed by atoms with Crippen molar-refractivity contribution in [3.05, 3.63) is 33.8 Å². The molecule has 0 saturated carbocycles. The second-order valence-electron chi connectivity index (χ2n) is 7.19. The Hall–Kier alpha value is -1.01. The number of halogens is 2. The molecule has 5 nitrogen and oxygen atoms in total. The molecule has 1 heterocycles. The molecular weight excluding hydrogens is 383 g/mol. The highest BCUT2D eigenvalue weighted by molar-refractivity contribution is 6.35. The normalized spacial score (nSPS) is 17.2. The van der Waals surface area contributed by atoms with Crippen LogP contribution in [0.1, 0.15) is 31.7 Å². The Bertz CT molecular complexity index is 616. The van der Waals surface area contributed by atoms with Gasteiger partial charge in [0.05, 0.1) is 6.54 Å². The summed E-state index contributed by atoms with van der Waals surface area (Å²) in [5, 5.41) is 8.18. The van der Waals surface area contributed by atoms with E-state index < -0.39 is 0 Å². The average molecular weight is 415 g/mol. The summed E-state index contributed by atoms with van der Waals surface area (Å²) in [4.78, 5) is 7.15. The molecule has 1 aliphatic rings. The average Bonchev–Trinajstić information content (AvgIpc) is 2.65. The van der Waals surface area contributed by atoms with E-state index in [2.05, 4.69) is 36.6 Å². The van der Waals surface area contributed by atoms with Gasteiger partial charge >= 0.3 is 0 Å². The van der Waals surface area contributed by atoms with E-state index >= 15 is 0 Å².